The van der Waals surface area contributed by atoms with Gasteiger partial charge >= 0.3 is 12.4 Å². The Hall–Kier alpha value is -4.12. The summed E-state index contributed by atoms with van der Waals surface area (Å²) in [6.45, 7) is 4.13. The minimum absolute atomic E-state index is 0.0467. The van der Waals surface area contributed by atoms with E-state index in [1.807, 2.05) is 31.2 Å². The van der Waals surface area contributed by atoms with Crippen molar-refractivity contribution in [3.63, 3.8) is 0 Å². The van der Waals surface area contributed by atoms with Crippen molar-refractivity contribution < 1.29 is 22.7 Å². The predicted octanol–water partition coefficient (Wildman–Crippen LogP) is 7.75. The van der Waals surface area contributed by atoms with Crippen molar-refractivity contribution in [3.8, 4) is 22.8 Å². The maximum absolute atomic E-state index is 12.8. The molecule has 1 aromatic heterocycles. The number of benzene rings is 3. The summed E-state index contributed by atoms with van der Waals surface area (Å²) in [6.07, 6.45) is 0.236. The Morgan fingerprint density at radius 2 is 1.86 bits per heavy atom. The third-order valence-electron chi connectivity index (χ3n) is 7.25. The van der Waals surface area contributed by atoms with Crippen molar-refractivity contribution in [2.45, 2.75) is 57.9 Å². The van der Waals surface area contributed by atoms with Crippen LogP contribution in [-0.2, 0) is 12.8 Å². The number of amides is 2. The summed E-state index contributed by atoms with van der Waals surface area (Å²) in [6, 6.07) is 21.3. The standard InChI is InChI=1S/C32H32F3N5O2S/c1-3-23-6-4-5-7-27(23)28-18-19-43-30(28)38-31(41)37-21(2)8-9-22-10-12-24(13-11-22)29-36-20-40(39-29)25-14-16-26(17-15-25)42-32(33,34)35/h4-7,10-17,20-21,28H,3,8-9,18-19H2,1-2H3,(H,37,41). The maximum atomic E-state index is 12.8. The molecule has 7 nitrogen and oxygen atoms in total. The Kier molecular flexibility index (Phi) is 9.49. The van der Waals surface area contributed by atoms with Crippen LogP contribution in [0.3, 0.4) is 0 Å². The first kappa shape index (κ1) is 30.3. The van der Waals surface area contributed by atoms with Crippen molar-refractivity contribution in [1.29, 1.82) is 0 Å². The fourth-order valence-electron chi connectivity index (χ4n) is 5.04. The molecule has 0 spiro atoms. The summed E-state index contributed by atoms with van der Waals surface area (Å²) in [5.41, 5.74) is 5.05. The van der Waals surface area contributed by atoms with Crippen LogP contribution in [0.15, 0.2) is 84.1 Å². The first-order valence-electron chi connectivity index (χ1n) is 14.2. The number of rotatable bonds is 9. The molecule has 43 heavy (non-hydrogen) atoms. The van der Waals surface area contributed by atoms with Gasteiger partial charge in [-0.05, 0) is 73.6 Å². The monoisotopic (exact) mass is 607 g/mol. The molecule has 3 aromatic carbocycles. The topological polar surface area (TPSA) is 81.4 Å². The van der Waals surface area contributed by atoms with Crippen LogP contribution in [0.5, 0.6) is 5.75 Å². The molecule has 1 saturated heterocycles. The van der Waals surface area contributed by atoms with Crippen molar-refractivity contribution in [1.82, 2.24) is 20.1 Å². The second kappa shape index (κ2) is 13.5. The van der Waals surface area contributed by atoms with Gasteiger partial charge in [0, 0.05) is 23.3 Å². The highest BCUT2D eigenvalue weighted by atomic mass is 32.2. The number of ether oxygens (including phenoxy) is 1. The average molecular weight is 608 g/mol. The van der Waals surface area contributed by atoms with E-state index in [-0.39, 0.29) is 23.7 Å². The molecule has 1 aliphatic rings. The van der Waals surface area contributed by atoms with Crippen LogP contribution in [0.2, 0.25) is 0 Å². The fraction of sp³-hybridized carbons (Fsp3) is 0.312. The highest BCUT2D eigenvalue weighted by molar-refractivity contribution is 8.14. The average Bonchev–Trinajstić information content (AvgIpc) is 3.66. The van der Waals surface area contributed by atoms with E-state index in [2.05, 4.69) is 56.3 Å². The number of nitrogens with one attached hydrogen (secondary N) is 1. The van der Waals surface area contributed by atoms with E-state index in [4.69, 9.17) is 0 Å². The molecule has 4 aromatic rings. The largest absolute Gasteiger partial charge is 0.573 e. The zero-order valence-electron chi connectivity index (χ0n) is 23.8. The van der Waals surface area contributed by atoms with Crippen LogP contribution in [0, 0.1) is 0 Å². The van der Waals surface area contributed by atoms with Gasteiger partial charge in [0.2, 0.25) is 0 Å². The molecule has 1 aliphatic heterocycles. The van der Waals surface area contributed by atoms with Gasteiger partial charge in [-0.2, -0.15) is 4.99 Å². The summed E-state index contributed by atoms with van der Waals surface area (Å²) in [5.74, 6) is 1.33. The first-order chi connectivity index (χ1) is 20.7. The third kappa shape index (κ3) is 8.04. The molecule has 0 bridgehead atoms. The lowest BCUT2D eigenvalue weighted by atomic mass is 9.92. The molecule has 2 atom stereocenters. The van der Waals surface area contributed by atoms with Crippen molar-refractivity contribution in [3.05, 3.63) is 95.8 Å². The summed E-state index contributed by atoms with van der Waals surface area (Å²) in [4.78, 5) is 21.5. The zero-order chi connectivity index (χ0) is 30.4. The van der Waals surface area contributed by atoms with Crippen LogP contribution >= 0.6 is 11.8 Å². The normalized spacial score (nSPS) is 16.8. The first-order valence-corrected chi connectivity index (χ1v) is 15.1. The van der Waals surface area contributed by atoms with Gasteiger partial charge in [0.1, 0.15) is 12.1 Å². The van der Waals surface area contributed by atoms with Gasteiger partial charge in [-0.25, -0.2) is 14.5 Å². The van der Waals surface area contributed by atoms with Crippen molar-refractivity contribution in [2.24, 2.45) is 4.99 Å². The third-order valence-corrected chi connectivity index (χ3v) is 8.36. The Morgan fingerprint density at radius 3 is 2.58 bits per heavy atom. The molecule has 2 unspecified atom stereocenters. The number of aromatic nitrogens is 3. The fourth-order valence-corrected chi connectivity index (χ4v) is 6.20. The second-order valence-electron chi connectivity index (χ2n) is 10.3. The predicted molar refractivity (Wildman–Crippen MR) is 163 cm³/mol. The Balaban J connectivity index is 1.13. The number of nitrogens with zero attached hydrogens (tertiary/aromatic N) is 4. The minimum atomic E-state index is -4.74. The molecule has 0 aliphatic carbocycles. The number of thioether (sulfide) groups is 1. The zero-order valence-corrected chi connectivity index (χ0v) is 24.7. The number of aryl methyl sites for hydroxylation is 2. The molecule has 11 heteroatoms. The van der Waals surface area contributed by atoms with Crippen LogP contribution in [-0.4, -0.2) is 44.0 Å². The van der Waals surface area contributed by atoms with Crippen molar-refractivity contribution in [2.75, 3.05) is 5.75 Å². The van der Waals surface area contributed by atoms with E-state index in [0.29, 0.717) is 11.5 Å². The molecule has 1 fully saturated rings. The quantitative estimate of drug-likeness (QED) is 0.211. The lowest BCUT2D eigenvalue weighted by molar-refractivity contribution is -0.274. The minimum Gasteiger partial charge on any atom is -0.406 e. The number of aliphatic imine (C=N–C) groups is 1. The number of hydrogen-bond acceptors (Lipinski definition) is 5. The number of alkyl halides is 3. The van der Waals surface area contributed by atoms with Gasteiger partial charge in [-0.1, -0.05) is 55.5 Å². The molecule has 0 saturated carbocycles. The van der Waals surface area contributed by atoms with Gasteiger partial charge < -0.3 is 10.1 Å². The van der Waals surface area contributed by atoms with Gasteiger partial charge in [-0.15, -0.1) is 30.0 Å². The van der Waals surface area contributed by atoms with E-state index < -0.39 is 6.36 Å². The van der Waals surface area contributed by atoms with E-state index >= 15 is 0 Å². The van der Waals surface area contributed by atoms with E-state index in [1.165, 1.54) is 46.4 Å². The molecular weight excluding hydrogens is 575 g/mol. The number of carbonyl (C=O) groups excluding carboxylic acids is 1. The summed E-state index contributed by atoms with van der Waals surface area (Å²) in [5, 5.41) is 8.36. The van der Waals surface area contributed by atoms with Crippen LogP contribution in [0.25, 0.3) is 17.1 Å². The van der Waals surface area contributed by atoms with E-state index in [0.717, 1.165) is 47.6 Å². The molecule has 2 amide bonds. The Morgan fingerprint density at radius 1 is 1.12 bits per heavy atom. The molecule has 5 rings (SSSR count). The van der Waals surface area contributed by atoms with E-state index in [1.54, 1.807) is 11.8 Å². The van der Waals surface area contributed by atoms with Crippen LogP contribution in [0.1, 0.15) is 49.3 Å². The van der Waals surface area contributed by atoms with Crippen LogP contribution < -0.4 is 10.1 Å². The number of hydrogen-bond donors (Lipinski definition) is 1. The molecule has 1 N–H and O–H groups in total. The maximum Gasteiger partial charge on any atom is 0.573 e. The number of halogens is 3. The number of urea groups is 1. The summed E-state index contributed by atoms with van der Waals surface area (Å²) in [7, 11) is 0. The molecule has 224 valence electrons. The van der Waals surface area contributed by atoms with Gasteiger partial charge in [0.05, 0.1) is 10.7 Å². The Bertz CT molecular complexity index is 1570. The van der Waals surface area contributed by atoms with Gasteiger partial charge in [0.25, 0.3) is 0 Å². The lowest BCUT2D eigenvalue weighted by Gasteiger charge is -2.16. The highest BCUT2D eigenvalue weighted by Gasteiger charge is 2.31. The Labute approximate surface area is 252 Å². The van der Waals surface area contributed by atoms with E-state index in [9.17, 15) is 18.0 Å². The highest BCUT2D eigenvalue weighted by Crippen LogP contribution is 2.37. The number of carbonyl (C=O) groups is 1. The van der Waals surface area contributed by atoms with Crippen molar-refractivity contribution >= 4 is 22.8 Å². The molecule has 2 heterocycles. The lowest BCUT2D eigenvalue weighted by Crippen LogP contribution is -2.31. The summed E-state index contributed by atoms with van der Waals surface area (Å²) < 4.78 is 42.6. The smallest absolute Gasteiger partial charge is 0.406 e. The van der Waals surface area contributed by atoms with Gasteiger partial charge in [-0.3, -0.25) is 0 Å². The van der Waals surface area contributed by atoms with Gasteiger partial charge in [0.15, 0.2) is 5.82 Å². The SMILES string of the molecule is CCc1ccccc1C1CCSC1=NC(=O)NC(C)CCc1ccc(-c2ncn(-c3ccc(OC(F)(F)F)cc3)n2)cc1. The second-order valence-corrected chi connectivity index (χ2v) is 11.4. The summed E-state index contributed by atoms with van der Waals surface area (Å²) >= 11 is 1.67. The van der Waals surface area contributed by atoms with Crippen LogP contribution in [0.4, 0.5) is 18.0 Å². The molecular formula is C32H32F3N5O2S. The molecule has 0 radical (unpaired) electrons.